The van der Waals surface area contributed by atoms with Crippen molar-refractivity contribution < 1.29 is 4.74 Å². The maximum absolute atomic E-state index is 5.58. The van der Waals surface area contributed by atoms with Gasteiger partial charge in [-0.2, -0.15) is 0 Å². The Morgan fingerprint density at radius 2 is 2.06 bits per heavy atom. The summed E-state index contributed by atoms with van der Waals surface area (Å²) in [5.41, 5.74) is 2.60. The fourth-order valence-electron chi connectivity index (χ4n) is 2.54. The zero-order valence-corrected chi connectivity index (χ0v) is 11.8. The molecule has 1 heterocycles. The molecule has 1 saturated heterocycles. The van der Waals surface area contributed by atoms with Crippen molar-refractivity contribution in [3.63, 3.8) is 0 Å². The highest BCUT2D eigenvalue weighted by Gasteiger charge is 2.29. The molecular formula is C15H24N2O. The minimum atomic E-state index is 0.377. The first kappa shape index (κ1) is 13.4. The lowest BCUT2D eigenvalue weighted by atomic mass is 9.87. The molecule has 100 valence electrons. The summed E-state index contributed by atoms with van der Waals surface area (Å²) in [5, 5.41) is 6.76. The number of benzene rings is 1. The van der Waals surface area contributed by atoms with Crippen LogP contribution in [0.3, 0.4) is 0 Å². The van der Waals surface area contributed by atoms with Crippen LogP contribution in [0.15, 0.2) is 18.2 Å². The molecule has 18 heavy (non-hydrogen) atoms. The number of hydrogen-bond donors (Lipinski definition) is 2. The predicted octanol–water partition coefficient (Wildman–Crippen LogP) is 2.30. The summed E-state index contributed by atoms with van der Waals surface area (Å²) in [4.78, 5) is 0. The summed E-state index contributed by atoms with van der Waals surface area (Å²) in [6.07, 6.45) is 0. The number of hydrogen-bond acceptors (Lipinski definition) is 3. The first-order chi connectivity index (χ1) is 8.67. The highest BCUT2D eigenvalue weighted by Crippen LogP contribution is 2.33. The van der Waals surface area contributed by atoms with Gasteiger partial charge in [0.1, 0.15) is 5.75 Å². The molecule has 1 aliphatic heterocycles. The summed E-state index contributed by atoms with van der Waals surface area (Å²) in [5.74, 6) is 2.20. The molecule has 0 bridgehead atoms. The molecule has 1 atom stereocenters. The van der Waals surface area contributed by atoms with Crippen molar-refractivity contribution in [1.29, 1.82) is 0 Å². The molecule has 0 saturated carbocycles. The van der Waals surface area contributed by atoms with Gasteiger partial charge in [-0.15, -0.1) is 0 Å². The van der Waals surface area contributed by atoms with E-state index in [9.17, 15) is 0 Å². The van der Waals surface area contributed by atoms with Gasteiger partial charge in [-0.3, -0.25) is 0 Å². The van der Waals surface area contributed by atoms with Gasteiger partial charge in [0.2, 0.25) is 0 Å². The third-order valence-electron chi connectivity index (χ3n) is 3.85. The van der Waals surface area contributed by atoms with E-state index in [-0.39, 0.29) is 0 Å². The minimum absolute atomic E-state index is 0.377. The highest BCUT2D eigenvalue weighted by atomic mass is 16.5. The Morgan fingerprint density at radius 1 is 1.33 bits per heavy atom. The van der Waals surface area contributed by atoms with E-state index in [0.29, 0.717) is 17.9 Å². The Bertz CT molecular complexity index is 399. The number of ether oxygens (including phenoxy) is 1. The lowest BCUT2D eigenvalue weighted by Crippen LogP contribution is -2.48. The smallest absolute Gasteiger partial charge is 0.123 e. The number of nitrogens with one attached hydrogen (secondary N) is 2. The maximum atomic E-state index is 5.58. The first-order valence-electron chi connectivity index (χ1n) is 6.73. The van der Waals surface area contributed by atoms with Gasteiger partial charge in [0.15, 0.2) is 0 Å². The van der Waals surface area contributed by atoms with E-state index in [1.807, 2.05) is 7.05 Å². The Balaban J connectivity index is 2.30. The van der Waals surface area contributed by atoms with E-state index in [1.165, 1.54) is 11.1 Å². The van der Waals surface area contributed by atoms with Crippen molar-refractivity contribution in [3.8, 4) is 5.75 Å². The van der Waals surface area contributed by atoms with E-state index in [0.717, 1.165) is 18.8 Å². The molecule has 0 radical (unpaired) electrons. The van der Waals surface area contributed by atoms with Gasteiger partial charge in [-0.25, -0.2) is 0 Å². The summed E-state index contributed by atoms with van der Waals surface area (Å²) >= 11 is 0. The van der Waals surface area contributed by atoms with Gasteiger partial charge >= 0.3 is 0 Å². The average Bonchev–Trinajstić information content (AvgIpc) is 2.32. The summed E-state index contributed by atoms with van der Waals surface area (Å²) in [6, 6.07) is 6.99. The molecule has 3 nitrogen and oxygen atoms in total. The molecule has 2 rings (SSSR count). The molecule has 1 fully saturated rings. The van der Waals surface area contributed by atoms with Crippen molar-refractivity contribution in [2.75, 3.05) is 27.2 Å². The van der Waals surface area contributed by atoms with Crippen LogP contribution in [0.1, 0.15) is 36.9 Å². The monoisotopic (exact) mass is 248 g/mol. The van der Waals surface area contributed by atoms with Crippen LogP contribution in [-0.2, 0) is 0 Å². The molecule has 0 amide bonds. The molecular weight excluding hydrogens is 224 g/mol. The third-order valence-corrected chi connectivity index (χ3v) is 3.85. The molecule has 0 spiro atoms. The van der Waals surface area contributed by atoms with Gasteiger partial charge in [0.05, 0.1) is 7.11 Å². The van der Waals surface area contributed by atoms with E-state index in [2.05, 4.69) is 42.7 Å². The van der Waals surface area contributed by atoms with Crippen LogP contribution >= 0.6 is 0 Å². The van der Waals surface area contributed by atoms with Gasteiger partial charge in [-0.1, -0.05) is 26.0 Å². The summed E-state index contributed by atoms with van der Waals surface area (Å²) < 4.78 is 5.58. The zero-order chi connectivity index (χ0) is 13.1. The predicted molar refractivity (Wildman–Crippen MR) is 75.2 cm³/mol. The van der Waals surface area contributed by atoms with Crippen molar-refractivity contribution in [2.45, 2.75) is 25.8 Å². The quantitative estimate of drug-likeness (QED) is 0.839. The lowest BCUT2D eigenvalue weighted by Gasteiger charge is -2.35. The topological polar surface area (TPSA) is 33.3 Å². The Labute approximate surface area is 110 Å². The van der Waals surface area contributed by atoms with Gasteiger partial charge in [0, 0.05) is 30.6 Å². The third kappa shape index (κ3) is 2.52. The van der Waals surface area contributed by atoms with Crippen LogP contribution in [0.25, 0.3) is 0 Å². The second-order valence-corrected chi connectivity index (χ2v) is 5.34. The fourth-order valence-corrected chi connectivity index (χ4v) is 2.54. The summed E-state index contributed by atoms with van der Waals surface area (Å²) in [7, 11) is 3.79. The molecule has 2 N–H and O–H groups in total. The Morgan fingerprint density at radius 3 is 2.50 bits per heavy atom. The van der Waals surface area contributed by atoms with Crippen molar-refractivity contribution in [2.24, 2.45) is 5.92 Å². The van der Waals surface area contributed by atoms with Crippen molar-refractivity contribution >= 4 is 0 Å². The Kier molecular flexibility index (Phi) is 4.25. The lowest BCUT2D eigenvalue weighted by molar-refractivity contribution is 0.262. The highest BCUT2D eigenvalue weighted by molar-refractivity contribution is 5.41. The van der Waals surface area contributed by atoms with Crippen molar-refractivity contribution in [1.82, 2.24) is 10.6 Å². The van der Waals surface area contributed by atoms with E-state index < -0.39 is 0 Å². The van der Waals surface area contributed by atoms with Crippen LogP contribution in [-0.4, -0.2) is 27.2 Å². The SMILES string of the molecule is CNC(c1ccc(C(C)C)cc1OC)C1CNC1. The van der Waals surface area contributed by atoms with E-state index >= 15 is 0 Å². The minimum Gasteiger partial charge on any atom is -0.496 e. The zero-order valence-electron chi connectivity index (χ0n) is 11.8. The van der Waals surface area contributed by atoms with Crippen molar-refractivity contribution in [3.05, 3.63) is 29.3 Å². The largest absolute Gasteiger partial charge is 0.496 e. The van der Waals surface area contributed by atoms with Gasteiger partial charge in [-0.05, 0) is 24.6 Å². The van der Waals surface area contributed by atoms with Crippen LogP contribution in [0.4, 0.5) is 0 Å². The van der Waals surface area contributed by atoms with Crippen LogP contribution in [0.2, 0.25) is 0 Å². The number of rotatable bonds is 5. The molecule has 1 aliphatic rings. The average molecular weight is 248 g/mol. The Hall–Kier alpha value is -1.06. The second kappa shape index (κ2) is 5.72. The molecule has 1 aromatic rings. The van der Waals surface area contributed by atoms with E-state index in [1.54, 1.807) is 7.11 Å². The summed E-state index contributed by atoms with van der Waals surface area (Å²) in [6.45, 7) is 6.58. The van der Waals surface area contributed by atoms with Crippen LogP contribution < -0.4 is 15.4 Å². The second-order valence-electron chi connectivity index (χ2n) is 5.34. The molecule has 0 aromatic heterocycles. The molecule has 3 heteroatoms. The van der Waals surface area contributed by atoms with Gasteiger partial charge in [0.25, 0.3) is 0 Å². The van der Waals surface area contributed by atoms with Gasteiger partial charge < -0.3 is 15.4 Å². The standard InChI is InChI=1S/C15H24N2O/c1-10(2)11-5-6-13(14(7-11)18-4)15(16-3)12-8-17-9-12/h5-7,10,12,15-17H,8-9H2,1-4H3. The molecule has 1 unspecified atom stereocenters. The normalized spacial score (nSPS) is 17.6. The van der Waals surface area contributed by atoms with Crippen LogP contribution in [0.5, 0.6) is 5.75 Å². The number of methoxy groups -OCH3 is 1. The fraction of sp³-hybridized carbons (Fsp3) is 0.600. The molecule has 1 aromatic carbocycles. The first-order valence-corrected chi connectivity index (χ1v) is 6.73. The van der Waals surface area contributed by atoms with Crippen LogP contribution in [0, 0.1) is 5.92 Å². The molecule has 0 aliphatic carbocycles. The maximum Gasteiger partial charge on any atom is 0.123 e. The van der Waals surface area contributed by atoms with E-state index in [4.69, 9.17) is 4.74 Å².